The lowest BCUT2D eigenvalue weighted by atomic mass is 10.3. The van der Waals surface area contributed by atoms with E-state index >= 15 is 0 Å². The zero-order chi connectivity index (χ0) is 13.8. The van der Waals surface area contributed by atoms with Crippen molar-refractivity contribution in [2.75, 3.05) is 11.6 Å². The second-order valence-corrected chi connectivity index (χ2v) is 5.52. The van der Waals surface area contributed by atoms with Gasteiger partial charge in [-0.3, -0.25) is 0 Å². The first-order valence-corrected chi connectivity index (χ1v) is 7.58. The summed E-state index contributed by atoms with van der Waals surface area (Å²) in [6.45, 7) is 0. The summed E-state index contributed by atoms with van der Waals surface area (Å²) in [7, 11) is 0. The van der Waals surface area contributed by atoms with E-state index in [9.17, 15) is 0 Å². The highest BCUT2D eigenvalue weighted by molar-refractivity contribution is 9.10. The number of hydrogen-bond donors (Lipinski definition) is 1. The molecule has 0 aliphatic rings. The van der Waals surface area contributed by atoms with Gasteiger partial charge in [0, 0.05) is 10.2 Å². The molecule has 0 amide bonds. The molecule has 7 heteroatoms. The van der Waals surface area contributed by atoms with Crippen molar-refractivity contribution < 1.29 is 0 Å². The maximum atomic E-state index is 9.12. The highest BCUT2D eigenvalue weighted by Crippen LogP contribution is 2.26. The molecule has 0 radical (unpaired) electrons. The van der Waals surface area contributed by atoms with Crippen LogP contribution in [-0.2, 0) is 0 Å². The smallest absolute Gasteiger partial charge is 0.190 e. The van der Waals surface area contributed by atoms with Crippen molar-refractivity contribution in [3.63, 3.8) is 0 Å². The summed E-state index contributed by atoms with van der Waals surface area (Å²) in [5.41, 5.74) is 1.06. The Morgan fingerprint density at radius 2 is 2.00 bits per heavy atom. The molecule has 0 bridgehead atoms. The van der Waals surface area contributed by atoms with Crippen molar-refractivity contribution >= 4 is 50.8 Å². The van der Waals surface area contributed by atoms with Crippen molar-refractivity contribution in [1.29, 1.82) is 5.26 Å². The van der Waals surface area contributed by atoms with E-state index in [0.717, 1.165) is 10.2 Å². The van der Waals surface area contributed by atoms with Crippen LogP contribution in [0.1, 0.15) is 5.56 Å². The number of benzene rings is 1. The van der Waals surface area contributed by atoms with Gasteiger partial charge in [0.2, 0.25) is 0 Å². The summed E-state index contributed by atoms with van der Waals surface area (Å²) in [5.74, 6) is 0.411. The number of hydrogen-bond acceptors (Lipinski definition) is 5. The van der Waals surface area contributed by atoms with E-state index < -0.39 is 0 Å². The maximum absolute atomic E-state index is 9.12. The van der Waals surface area contributed by atoms with E-state index in [1.165, 1.54) is 11.8 Å². The van der Waals surface area contributed by atoms with Gasteiger partial charge >= 0.3 is 0 Å². The average Bonchev–Trinajstić information content (AvgIpc) is 2.41. The second-order valence-electron chi connectivity index (χ2n) is 3.47. The van der Waals surface area contributed by atoms with Crippen LogP contribution in [-0.4, -0.2) is 16.2 Å². The first-order valence-electron chi connectivity index (χ1n) is 5.18. The minimum atomic E-state index is 0.154. The summed E-state index contributed by atoms with van der Waals surface area (Å²) in [6, 6.07) is 9.55. The van der Waals surface area contributed by atoms with Crippen LogP contribution in [0.25, 0.3) is 0 Å². The molecule has 96 valence electrons. The molecule has 0 fully saturated rings. The molecular weight excluding hydrogens is 348 g/mol. The summed E-state index contributed by atoms with van der Waals surface area (Å²) in [6.07, 6.45) is 1.85. The van der Waals surface area contributed by atoms with E-state index in [2.05, 4.69) is 31.2 Å². The molecule has 19 heavy (non-hydrogen) atoms. The van der Waals surface area contributed by atoms with Gasteiger partial charge in [-0.05, 0) is 30.5 Å². The molecule has 0 aliphatic carbocycles. The molecule has 0 aliphatic heterocycles. The van der Waals surface area contributed by atoms with Gasteiger partial charge in [-0.25, -0.2) is 9.97 Å². The molecule has 0 atom stereocenters. The van der Waals surface area contributed by atoms with Gasteiger partial charge in [-0.2, -0.15) is 5.26 Å². The second kappa shape index (κ2) is 6.24. The van der Waals surface area contributed by atoms with Crippen molar-refractivity contribution in [2.24, 2.45) is 0 Å². The van der Waals surface area contributed by atoms with Gasteiger partial charge < -0.3 is 5.32 Å². The predicted octanol–water partition coefficient (Wildman–Crippen LogP) is 4.23. The fourth-order valence-corrected chi connectivity index (χ4v) is 2.26. The Kier molecular flexibility index (Phi) is 4.64. The number of nitriles is 1. The van der Waals surface area contributed by atoms with E-state index in [1.807, 2.05) is 36.6 Å². The third kappa shape index (κ3) is 3.38. The third-order valence-electron chi connectivity index (χ3n) is 2.25. The molecule has 4 nitrogen and oxygen atoms in total. The topological polar surface area (TPSA) is 61.6 Å². The monoisotopic (exact) mass is 354 g/mol. The number of rotatable bonds is 3. The quantitative estimate of drug-likeness (QED) is 0.507. The molecule has 2 aromatic rings. The van der Waals surface area contributed by atoms with Crippen molar-refractivity contribution in [2.45, 2.75) is 5.16 Å². The predicted molar refractivity (Wildman–Crippen MR) is 81.0 cm³/mol. The first-order chi connectivity index (χ1) is 9.13. The van der Waals surface area contributed by atoms with Crippen molar-refractivity contribution in [3.8, 4) is 6.07 Å². The fraction of sp³-hybridized carbons (Fsp3) is 0.0833. The van der Waals surface area contributed by atoms with Crippen molar-refractivity contribution in [3.05, 3.63) is 39.5 Å². The van der Waals surface area contributed by atoms with Crippen LogP contribution < -0.4 is 5.32 Å². The van der Waals surface area contributed by atoms with Gasteiger partial charge in [-0.1, -0.05) is 39.3 Å². The summed E-state index contributed by atoms with van der Waals surface area (Å²) < 4.78 is 0.976. The normalized spacial score (nSPS) is 10.0. The van der Waals surface area contributed by atoms with Gasteiger partial charge in [0.1, 0.15) is 11.6 Å². The Morgan fingerprint density at radius 3 is 2.58 bits per heavy atom. The minimum Gasteiger partial charge on any atom is -0.339 e. The molecule has 1 aromatic carbocycles. The number of aromatic nitrogens is 2. The Morgan fingerprint density at radius 1 is 1.32 bits per heavy atom. The molecule has 0 unspecified atom stereocenters. The summed E-state index contributed by atoms with van der Waals surface area (Å²) in [5, 5.41) is 12.9. The standard InChI is InChI=1S/C12H8BrClN4S/c1-19-12-17-10(14)9(6-15)11(18-12)16-8-4-2-7(13)3-5-8/h2-5H,1H3,(H,16,17,18). The molecular formula is C12H8BrClN4S. The van der Waals surface area contributed by atoms with Crippen LogP contribution in [0.15, 0.2) is 33.9 Å². The number of anilines is 2. The molecule has 0 spiro atoms. The van der Waals surface area contributed by atoms with Crippen LogP contribution in [0.5, 0.6) is 0 Å². The summed E-state index contributed by atoms with van der Waals surface area (Å²) in [4.78, 5) is 8.29. The highest BCUT2D eigenvalue weighted by Gasteiger charge is 2.12. The van der Waals surface area contributed by atoms with Crippen LogP contribution in [0.3, 0.4) is 0 Å². The SMILES string of the molecule is CSc1nc(Cl)c(C#N)c(Nc2ccc(Br)cc2)n1. The maximum Gasteiger partial charge on any atom is 0.190 e. The average molecular weight is 356 g/mol. The van der Waals surface area contributed by atoms with Gasteiger partial charge in [0.25, 0.3) is 0 Å². The Labute approximate surface area is 128 Å². The lowest BCUT2D eigenvalue weighted by Crippen LogP contribution is -2.01. The lowest BCUT2D eigenvalue weighted by molar-refractivity contribution is 0.969. The Hall–Kier alpha value is -1.29. The fourth-order valence-electron chi connectivity index (χ4n) is 1.36. The Bertz CT molecular complexity index is 639. The van der Waals surface area contributed by atoms with Crippen LogP contribution >= 0.6 is 39.3 Å². The highest BCUT2D eigenvalue weighted by atomic mass is 79.9. The number of thioether (sulfide) groups is 1. The van der Waals surface area contributed by atoms with E-state index in [4.69, 9.17) is 16.9 Å². The van der Waals surface area contributed by atoms with E-state index in [1.54, 1.807) is 0 Å². The third-order valence-corrected chi connectivity index (χ3v) is 3.60. The van der Waals surface area contributed by atoms with Gasteiger partial charge in [0.05, 0.1) is 0 Å². The molecule has 2 rings (SSSR count). The number of halogens is 2. The van der Waals surface area contributed by atoms with Gasteiger partial charge in [0.15, 0.2) is 16.1 Å². The molecule has 1 heterocycles. The van der Waals surface area contributed by atoms with Crippen molar-refractivity contribution in [1.82, 2.24) is 9.97 Å². The van der Waals surface area contributed by atoms with Crippen LogP contribution in [0.2, 0.25) is 5.15 Å². The largest absolute Gasteiger partial charge is 0.339 e. The molecule has 0 saturated heterocycles. The van der Waals surface area contributed by atoms with Crippen LogP contribution in [0, 0.1) is 11.3 Å². The first kappa shape index (κ1) is 14.1. The van der Waals surface area contributed by atoms with Gasteiger partial charge in [-0.15, -0.1) is 0 Å². The summed E-state index contributed by atoms with van der Waals surface area (Å²) >= 11 is 10.7. The molecule has 1 aromatic heterocycles. The zero-order valence-corrected chi connectivity index (χ0v) is 13.0. The molecule has 0 saturated carbocycles. The zero-order valence-electron chi connectivity index (χ0n) is 9.82. The van der Waals surface area contributed by atoms with E-state index in [0.29, 0.717) is 11.0 Å². The number of nitrogens with zero attached hydrogens (tertiary/aromatic N) is 3. The number of nitrogens with one attached hydrogen (secondary N) is 1. The van der Waals surface area contributed by atoms with Crippen LogP contribution in [0.4, 0.5) is 11.5 Å². The molecule has 1 N–H and O–H groups in total. The lowest BCUT2D eigenvalue weighted by Gasteiger charge is -2.09. The minimum absolute atomic E-state index is 0.154. The Balaban J connectivity index is 2.41. The van der Waals surface area contributed by atoms with E-state index in [-0.39, 0.29) is 10.7 Å².